The molecule has 0 saturated carbocycles. The highest BCUT2D eigenvalue weighted by Gasteiger charge is 2.35. The molecular formula is C12H10ClNO4. The number of hydrogen-bond acceptors (Lipinski definition) is 4. The lowest BCUT2D eigenvalue weighted by atomic mass is 10.2. The van der Waals surface area contributed by atoms with Crippen molar-refractivity contribution < 1.29 is 19.1 Å². The van der Waals surface area contributed by atoms with Crippen LogP contribution in [0.3, 0.4) is 0 Å². The molecule has 0 spiro atoms. The third kappa shape index (κ3) is 2.51. The van der Waals surface area contributed by atoms with Crippen molar-refractivity contribution in [3.05, 3.63) is 34.9 Å². The molecule has 1 fully saturated rings. The molecule has 0 unspecified atom stereocenters. The Balaban J connectivity index is 1.99. The van der Waals surface area contributed by atoms with Gasteiger partial charge in [0.2, 0.25) is 11.8 Å². The summed E-state index contributed by atoms with van der Waals surface area (Å²) in [5.74, 6) is -1.05. The van der Waals surface area contributed by atoms with Crippen LogP contribution in [-0.2, 0) is 20.9 Å². The minimum Gasteiger partial charge on any atom is -0.444 e. The number of hydrogen-bond donors (Lipinski definition) is 0. The van der Waals surface area contributed by atoms with E-state index >= 15 is 0 Å². The topological polar surface area (TPSA) is 63.7 Å². The maximum absolute atomic E-state index is 11.6. The summed E-state index contributed by atoms with van der Waals surface area (Å²) >= 11 is 5.89. The quantitative estimate of drug-likeness (QED) is 0.770. The van der Waals surface area contributed by atoms with Crippen LogP contribution in [0.4, 0.5) is 4.79 Å². The zero-order chi connectivity index (χ0) is 13.1. The van der Waals surface area contributed by atoms with Gasteiger partial charge in [0.25, 0.3) is 0 Å². The summed E-state index contributed by atoms with van der Waals surface area (Å²) in [6.45, 7) is -0.0738. The Morgan fingerprint density at radius 3 is 2.44 bits per heavy atom. The van der Waals surface area contributed by atoms with Gasteiger partial charge in [0.05, 0.1) is 0 Å². The lowest BCUT2D eigenvalue weighted by molar-refractivity contribution is -0.136. The SMILES string of the molecule is O=C1CCC(=O)N1C(=O)OCc1ccccc1Cl. The van der Waals surface area contributed by atoms with Crippen LogP contribution in [-0.4, -0.2) is 22.8 Å². The second-order valence-corrected chi connectivity index (χ2v) is 4.18. The molecular weight excluding hydrogens is 258 g/mol. The van der Waals surface area contributed by atoms with Crippen molar-refractivity contribution in [3.8, 4) is 0 Å². The minimum atomic E-state index is -0.942. The molecule has 0 bridgehead atoms. The number of amides is 3. The molecule has 0 atom stereocenters. The first-order chi connectivity index (χ1) is 8.59. The highest BCUT2D eigenvalue weighted by atomic mass is 35.5. The molecule has 18 heavy (non-hydrogen) atoms. The van der Waals surface area contributed by atoms with Gasteiger partial charge in [-0.25, -0.2) is 4.79 Å². The third-order valence-electron chi connectivity index (χ3n) is 2.54. The number of imide groups is 3. The predicted molar refractivity (Wildman–Crippen MR) is 62.7 cm³/mol. The molecule has 1 aliphatic rings. The van der Waals surface area contributed by atoms with Gasteiger partial charge in [0.1, 0.15) is 6.61 Å². The van der Waals surface area contributed by atoms with Crippen LogP contribution in [0.5, 0.6) is 0 Å². The van der Waals surface area contributed by atoms with Crippen molar-refractivity contribution in [2.75, 3.05) is 0 Å². The van der Waals surface area contributed by atoms with Gasteiger partial charge in [-0.3, -0.25) is 9.59 Å². The second-order valence-electron chi connectivity index (χ2n) is 3.77. The molecule has 0 radical (unpaired) electrons. The standard InChI is InChI=1S/C12H10ClNO4/c13-9-4-2-1-3-8(9)7-18-12(17)14-10(15)5-6-11(14)16/h1-4H,5-7H2. The van der Waals surface area contributed by atoms with E-state index in [9.17, 15) is 14.4 Å². The van der Waals surface area contributed by atoms with Gasteiger partial charge in [0.15, 0.2) is 0 Å². The first-order valence-electron chi connectivity index (χ1n) is 5.35. The van der Waals surface area contributed by atoms with Gasteiger partial charge in [-0.2, -0.15) is 4.90 Å². The van der Waals surface area contributed by atoms with Crippen molar-refractivity contribution in [1.29, 1.82) is 0 Å². The molecule has 0 N–H and O–H groups in total. The number of carbonyl (C=O) groups excluding carboxylic acids is 3. The van der Waals surface area contributed by atoms with E-state index in [1.54, 1.807) is 24.3 Å². The van der Waals surface area contributed by atoms with Crippen molar-refractivity contribution in [2.24, 2.45) is 0 Å². The number of carbonyl (C=O) groups is 3. The molecule has 5 nitrogen and oxygen atoms in total. The average Bonchev–Trinajstić information content (AvgIpc) is 2.68. The number of rotatable bonds is 2. The number of likely N-dealkylation sites (tertiary alicyclic amines) is 1. The fourth-order valence-electron chi connectivity index (χ4n) is 1.60. The van der Waals surface area contributed by atoms with E-state index in [1.807, 2.05) is 0 Å². The Kier molecular flexibility index (Phi) is 3.62. The highest BCUT2D eigenvalue weighted by molar-refractivity contribution is 6.31. The van der Waals surface area contributed by atoms with Gasteiger partial charge < -0.3 is 4.74 Å². The van der Waals surface area contributed by atoms with Gasteiger partial charge in [-0.05, 0) is 6.07 Å². The zero-order valence-electron chi connectivity index (χ0n) is 9.39. The van der Waals surface area contributed by atoms with Gasteiger partial charge in [-0.1, -0.05) is 29.8 Å². The van der Waals surface area contributed by atoms with Crippen LogP contribution >= 0.6 is 11.6 Å². The highest BCUT2D eigenvalue weighted by Crippen LogP contribution is 2.18. The monoisotopic (exact) mass is 267 g/mol. The lowest BCUT2D eigenvalue weighted by Gasteiger charge is -2.12. The smallest absolute Gasteiger partial charge is 0.423 e. The van der Waals surface area contributed by atoms with Crippen molar-refractivity contribution >= 4 is 29.5 Å². The summed E-state index contributed by atoms with van der Waals surface area (Å²) in [6.07, 6.45) is -0.831. The van der Waals surface area contributed by atoms with Gasteiger partial charge in [-0.15, -0.1) is 0 Å². The fourth-order valence-corrected chi connectivity index (χ4v) is 1.79. The largest absolute Gasteiger partial charge is 0.444 e. The number of nitrogens with zero attached hydrogens (tertiary/aromatic N) is 1. The molecule has 1 aromatic carbocycles. The van der Waals surface area contributed by atoms with Crippen LogP contribution < -0.4 is 0 Å². The number of halogens is 1. The summed E-state index contributed by atoms with van der Waals surface area (Å²) in [6, 6.07) is 6.86. The Hall–Kier alpha value is -1.88. The van der Waals surface area contributed by atoms with E-state index in [0.717, 1.165) is 0 Å². The number of ether oxygens (including phenoxy) is 1. The van der Waals surface area contributed by atoms with E-state index in [1.165, 1.54) is 0 Å². The molecule has 1 aromatic rings. The molecule has 0 aromatic heterocycles. The molecule has 6 heteroatoms. The molecule has 1 saturated heterocycles. The van der Waals surface area contributed by atoms with E-state index in [0.29, 0.717) is 15.5 Å². The van der Waals surface area contributed by atoms with Crippen LogP contribution in [0.2, 0.25) is 5.02 Å². The second kappa shape index (κ2) is 5.18. The molecule has 3 amide bonds. The summed E-state index contributed by atoms with van der Waals surface area (Å²) in [7, 11) is 0. The van der Waals surface area contributed by atoms with E-state index in [2.05, 4.69) is 0 Å². The van der Waals surface area contributed by atoms with Crippen LogP contribution in [0, 0.1) is 0 Å². The Morgan fingerprint density at radius 2 is 1.83 bits per heavy atom. The van der Waals surface area contributed by atoms with Crippen LogP contribution in [0.1, 0.15) is 18.4 Å². The minimum absolute atomic E-state index is 0.0556. The van der Waals surface area contributed by atoms with Gasteiger partial charge >= 0.3 is 6.09 Å². The normalized spacial score (nSPS) is 15.1. The molecule has 1 aliphatic heterocycles. The Morgan fingerprint density at radius 1 is 1.22 bits per heavy atom. The average molecular weight is 268 g/mol. The Bertz CT molecular complexity index is 499. The molecule has 1 heterocycles. The predicted octanol–water partition coefficient (Wildman–Crippen LogP) is 2.13. The van der Waals surface area contributed by atoms with Crippen molar-refractivity contribution in [1.82, 2.24) is 4.90 Å². The molecule has 0 aliphatic carbocycles. The molecule has 94 valence electrons. The number of benzene rings is 1. The summed E-state index contributed by atoms with van der Waals surface area (Å²) < 4.78 is 4.89. The Labute approximate surface area is 108 Å². The van der Waals surface area contributed by atoms with Crippen molar-refractivity contribution in [3.63, 3.8) is 0 Å². The van der Waals surface area contributed by atoms with Crippen LogP contribution in [0.25, 0.3) is 0 Å². The fraction of sp³-hybridized carbons (Fsp3) is 0.250. The summed E-state index contributed by atoms with van der Waals surface area (Å²) in [5.41, 5.74) is 0.617. The summed E-state index contributed by atoms with van der Waals surface area (Å²) in [5, 5.41) is 0.462. The maximum Gasteiger partial charge on any atom is 0.423 e. The maximum atomic E-state index is 11.6. The van der Waals surface area contributed by atoms with E-state index in [4.69, 9.17) is 16.3 Å². The summed E-state index contributed by atoms with van der Waals surface area (Å²) in [4.78, 5) is 34.7. The first kappa shape index (κ1) is 12.6. The zero-order valence-corrected chi connectivity index (χ0v) is 10.1. The van der Waals surface area contributed by atoms with E-state index < -0.39 is 17.9 Å². The third-order valence-corrected chi connectivity index (χ3v) is 2.91. The van der Waals surface area contributed by atoms with E-state index in [-0.39, 0.29) is 19.4 Å². The lowest BCUT2D eigenvalue weighted by Crippen LogP contribution is -2.35. The van der Waals surface area contributed by atoms with Gasteiger partial charge in [0, 0.05) is 23.4 Å². The van der Waals surface area contributed by atoms with Crippen LogP contribution in [0.15, 0.2) is 24.3 Å². The first-order valence-corrected chi connectivity index (χ1v) is 5.73. The molecule has 2 rings (SSSR count). The van der Waals surface area contributed by atoms with Crippen molar-refractivity contribution in [2.45, 2.75) is 19.4 Å².